The highest BCUT2D eigenvalue weighted by Crippen LogP contribution is 2.44. The second-order valence-corrected chi connectivity index (χ2v) is 17.0. The summed E-state index contributed by atoms with van der Waals surface area (Å²) in [6, 6.07) is 8.27. The first kappa shape index (κ1) is 55.2. The van der Waals surface area contributed by atoms with Gasteiger partial charge in [-0.25, -0.2) is 9.59 Å². The van der Waals surface area contributed by atoms with Crippen molar-refractivity contribution in [3.63, 3.8) is 0 Å². The molecule has 14 nitrogen and oxygen atoms in total. The van der Waals surface area contributed by atoms with Crippen LogP contribution in [0.2, 0.25) is 0 Å². The minimum absolute atomic E-state index is 0.183. The van der Waals surface area contributed by atoms with Crippen molar-refractivity contribution in [2.45, 2.75) is 33.1 Å². The van der Waals surface area contributed by atoms with Crippen LogP contribution in [0, 0.1) is 0 Å². The number of benzene rings is 2. The molecule has 0 bridgehead atoms. The van der Waals surface area contributed by atoms with E-state index in [1.807, 2.05) is 0 Å². The summed E-state index contributed by atoms with van der Waals surface area (Å²) in [5.41, 5.74) is 2.50. The molecular weight excluding hydrogens is 1060 g/mol. The van der Waals surface area contributed by atoms with Crippen LogP contribution in [-0.4, -0.2) is 144 Å². The molecule has 0 atom stereocenters. The van der Waals surface area contributed by atoms with E-state index in [-0.39, 0.29) is 18.6 Å². The highest BCUT2D eigenvalue weighted by atomic mass is 79.9. The quantitative estimate of drug-likeness (QED) is 0.0367. The molecule has 18 heteroatoms. The van der Waals surface area contributed by atoms with Gasteiger partial charge < -0.3 is 56.8 Å². The lowest BCUT2D eigenvalue weighted by Gasteiger charge is -2.28. The minimum atomic E-state index is -0.423. The van der Waals surface area contributed by atoms with Crippen LogP contribution in [0.1, 0.15) is 38.8 Å². The summed E-state index contributed by atoms with van der Waals surface area (Å²) in [4.78, 5) is 22.6. The molecule has 0 unspecified atom stereocenters. The first-order valence-corrected chi connectivity index (χ1v) is 22.9. The molecule has 0 saturated heterocycles. The summed E-state index contributed by atoms with van der Waals surface area (Å²) >= 11 is 14.8. The predicted octanol–water partition coefficient (Wildman–Crippen LogP) is 8.19. The van der Waals surface area contributed by atoms with Crippen molar-refractivity contribution in [3.05, 3.63) is 77.6 Å². The second-order valence-electron chi connectivity index (χ2n) is 13.6. The average Bonchev–Trinajstić information content (AvgIpc) is 3.21. The van der Waals surface area contributed by atoms with Gasteiger partial charge in [0, 0.05) is 16.6 Å². The fourth-order valence-corrected chi connectivity index (χ4v) is 7.68. The normalized spacial score (nSPS) is 11.4. The van der Waals surface area contributed by atoms with Crippen molar-refractivity contribution in [1.82, 2.24) is 0 Å². The number of carbonyl (C=O) groups is 2. The molecule has 0 aliphatic carbocycles. The highest BCUT2D eigenvalue weighted by Gasteiger charge is 2.27. The van der Waals surface area contributed by atoms with Gasteiger partial charge in [0.1, 0.15) is 37.9 Å². The van der Waals surface area contributed by atoms with E-state index in [2.05, 4.69) is 115 Å². The summed E-state index contributed by atoms with van der Waals surface area (Å²) < 4.78 is 69.3. The molecule has 2 aromatic rings. The maximum Gasteiger partial charge on any atom is 0.333 e. The van der Waals surface area contributed by atoms with Gasteiger partial charge in [-0.05, 0) is 113 Å². The second kappa shape index (κ2) is 32.7. The number of halogens is 4. The Morgan fingerprint density at radius 3 is 0.869 bits per heavy atom. The molecule has 344 valence electrons. The van der Waals surface area contributed by atoms with Crippen LogP contribution in [-0.2, 0) is 62.4 Å². The molecule has 61 heavy (non-hydrogen) atoms. The maximum absolute atomic E-state index is 11.3. The summed E-state index contributed by atoms with van der Waals surface area (Å²) in [5.74, 6) is 0.540. The Bertz CT molecular complexity index is 1460. The molecule has 0 radical (unpaired) electrons. The first-order chi connectivity index (χ1) is 29.2. The summed E-state index contributed by atoms with van der Waals surface area (Å²) in [7, 11) is 0. The number of carbonyl (C=O) groups excluding carboxylic acids is 2. The van der Waals surface area contributed by atoms with Gasteiger partial charge in [0.2, 0.25) is 0 Å². The number of hydrogen-bond donors (Lipinski definition) is 0. The van der Waals surface area contributed by atoms with Gasteiger partial charge in [-0.15, -0.1) is 0 Å². The Morgan fingerprint density at radius 2 is 0.639 bits per heavy atom. The third-order valence-electron chi connectivity index (χ3n) is 8.24. The standard InChI is InChI=1S/C43H60Br4O14/c1-31(2)41(48)60-25-21-56-17-13-52-9-7-50-11-15-54-19-23-58-39-35(44)27-33(28-36(39)45)43(5,6)34-29-37(46)40(38(47)30-34)59-24-20-55-16-12-51-8-10-53-14-18-57-22-26-61-42(49)32(3)4/h27-30H,1,3,7-26H2,2,4-6H3. The largest absolute Gasteiger partial charge is 0.489 e. The van der Waals surface area contributed by atoms with Crippen LogP contribution in [0.15, 0.2) is 66.5 Å². The third kappa shape index (κ3) is 23.5. The van der Waals surface area contributed by atoms with Gasteiger partial charge in [-0.3, -0.25) is 0 Å². The highest BCUT2D eigenvalue weighted by molar-refractivity contribution is 9.11. The van der Waals surface area contributed by atoms with E-state index < -0.39 is 11.9 Å². The Hall–Kier alpha value is -1.94. The fourth-order valence-electron chi connectivity index (χ4n) is 4.85. The minimum Gasteiger partial charge on any atom is -0.489 e. The van der Waals surface area contributed by atoms with E-state index in [1.165, 1.54) is 0 Å². The molecule has 0 fully saturated rings. The van der Waals surface area contributed by atoms with Crippen LogP contribution in [0.4, 0.5) is 0 Å². The number of rotatable bonds is 36. The van der Waals surface area contributed by atoms with Crippen LogP contribution in [0.5, 0.6) is 11.5 Å². The topological polar surface area (TPSA) is 145 Å². The van der Waals surface area contributed by atoms with Crippen LogP contribution in [0.25, 0.3) is 0 Å². The molecule has 0 aliphatic heterocycles. The lowest BCUT2D eigenvalue weighted by atomic mass is 9.78. The molecule has 0 aliphatic rings. The zero-order chi connectivity index (χ0) is 44.9. The zero-order valence-corrected chi connectivity index (χ0v) is 41.9. The molecule has 0 amide bonds. The van der Waals surface area contributed by atoms with Gasteiger partial charge in [0.05, 0.1) is 124 Å². The number of esters is 2. The van der Waals surface area contributed by atoms with Crippen molar-refractivity contribution in [1.29, 1.82) is 0 Å². The first-order valence-electron chi connectivity index (χ1n) is 19.8. The van der Waals surface area contributed by atoms with E-state index >= 15 is 0 Å². The molecule has 2 rings (SSSR count). The third-order valence-corrected chi connectivity index (χ3v) is 10.6. The average molecular weight is 1120 g/mol. The monoisotopic (exact) mass is 1120 g/mol. The van der Waals surface area contributed by atoms with Crippen molar-refractivity contribution in [2.75, 3.05) is 132 Å². The SMILES string of the molecule is C=C(C)C(=O)OCCOCCOCCOCCOCCOc1c(Br)cc(C(C)(C)c2cc(Br)c(OCCOCCOCCOCCOCCOC(=O)C(=C)C)c(Br)c2)cc1Br. The number of ether oxygens (including phenoxy) is 12. The van der Waals surface area contributed by atoms with Gasteiger partial charge >= 0.3 is 11.9 Å². The van der Waals surface area contributed by atoms with Crippen molar-refractivity contribution in [3.8, 4) is 11.5 Å². The fraction of sp³-hybridized carbons (Fsp3) is 0.581. The lowest BCUT2D eigenvalue weighted by Crippen LogP contribution is -2.20. The molecule has 0 aromatic heterocycles. The summed E-state index contributed by atoms with van der Waals surface area (Å²) in [6.45, 7) is 22.2. The van der Waals surface area contributed by atoms with Gasteiger partial charge in [-0.1, -0.05) is 27.0 Å². The lowest BCUT2D eigenvalue weighted by molar-refractivity contribution is -0.141. The van der Waals surface area contributed by atoms with Crippen molar-refractivity contribution in [2.24, 2.45) is 0 Å². The van der Waals surface area contributed by atoms with E-state index in [0.29, 0.717) is 142 Å². The molecule has 0 heterocycles. The van der Waals surface area contributed by atoms with Gasteiger partial charge in [0.25, 0.3) is 0 Å². The van der Waals surface area contributed by atoms with E-state index in [9.17, 15) is 9.59 Å². The Morgan fingerprint density at radius 1 is 0.426 bits per heavy atom. The molecule has 0 N–H and O–H groups in total. The Labute approximate surface area is 394 Å². The van der Waals surface area contributed by atoms with Gasteiger partial charge in [0.15, 0.2) is 0 Å². The smallest absolute Gasteiger partial charge is 0.333 e. The van der Waals surface area contributed by atoms with Crippen molar-refractivity contribution >= 4 is 75.7 Å². The predicted molar refractivity (Wildman–Crippen MR) is 245 cm³/mol. The van der Waals surface area contributed by atoms with E-state index in [1.54, 1.807) is 13.8 Å². The van der Waals surface area contributed by atoms with Crippen molar-refractivity contribution < 1.29 is 66.4 Å². The molecule has 2 aromatic carbocycles. The maximum atomic E-state index is 11.3. The Balaban J connectivity index is 1.60. The zero-order valence-electron chi connectivity index (χ0n) is 35.6. The summed E-state index contributed by atoms with van der Waals surface area (Å²) in [6.07, 6.45) is 0. The molecule has 0 saturated carbocycles. The van der Waals surface area contributed by atoms with Crippen LogP contribution in [0.3, 0.4) is 0 Å². The van der Waals surface area contributed by atoms with Crippen LogP contribution >= 0.6 is 63.7 Å². The number of hydrogen-bond acceptors (Lipinski definition) is 14. The van der Waals surface area contributed by atoms with E-state index in [0.717, 1.165) is 29.0 Å². The summed E-state index contributed by atoms with van der Waals surface area (Å²) in [5, 5.41) is 0. The van der Waals surface area contributed by atoms with Gasteiger partial charge in [-0.2, -0.15) is 0 Å². The molecule has 0 spiro atoms. The molecular formula is C43H60Br4O14. The van der Waals surface area contributed by atoms with Crippen LogP contribution < -0.4 is 9.47 Å². The Kier molecular flexibility index (Phi) is 29.6. The van der Waals surface area contributed by atoms with E-state index in [4.69, 9.17) is 56.8 Å².